The maximum atomic E-state index is 14.0. The molecule has 2 saturated carbocycles. The van der Waals surface area contributed by atoms with Crippen LogP contribution < -0.4 is 27.0 Å². The van der Waals surface area contributed by atoms with Crippen LogP contribution in [0.3, 0.4) is 0 Å². The number of amides is 1. The molecular weight excluding hydrogens is 761 g/mol. The van der Waals surface area contributed by atoms with E-state index in [1.165, 1.54) is 14.1 Å². The number of pyridine rings is 1. The molecule has 3 aliphatic rings. The SMILES string of the molecule is COc1nc(-c2cccc(-c3cccc(Nc4nc(C(F)(F)F)nc5c4c(=O)n(C)c(=O)n5C)c3C)c2Cl)cc2c1CCN(CCC13CCC(C(N)=O)(CC1)C3)C2. The summed E-state index contributed by atoms with van der Waals surface area (Å²) in [5.41, 5.74) is 9.34. The molecule has 57 heavy (non-hydrogen) atoms. The van der Waals surface area contributed by atoms with E-state index in [1.54, 1.807) is 26.2 Å². The van der Waals surface area contributed by atoms with Gasteiger partial charge in [-0.15, -0.1) is 0 Å². The fourth-order valence-corrected chi connectivity index (χ4v) is 9.62. The Bertz CT molecular complexity index is 2600. The Labute approximate surface area is 330 Å². The smallest absolute Gasteiger partial charge is 0.451 e. The zero-order chi connectivity index (χ0) is 40.6. The summed E-state index contributed by atoms with van der Waals surface area (Å²) >= 11 is 7.21. The van der Waals surface area contributed by atoms with Gasteiger partial charge in [-0.05, 0) is 92.7 Å². The van der Waals surface area contributed by atoms with Crippen LogP contribution in [0.5, 0.6) is 5.88 Å². The van der Waals surface area contributed by atoms with Gasteiger partial charge in [0.1, 0.15) is 11.2 Å². The molecule has 4 heterocycles. The van der Waals surface area contributed by atoms with E-state index in [2.05, 4.69) is 26.3 Å². The summed E-state index contributed by atoms with van der Waals surface area (Å²) in [6.07, 6.45) is 1.64. The number of benzene rings is 2. The third-order valence-corrected chi connectivity index (χ3v) is 13.0. The summed E-state index contributed by atoms with van der Waals surface area (Å²) in [6.45, 7) is 4.29. The molecule has 0 spiro atoms. The summed E-state index contributed by atoms with van der Waals surface area (Å²) in [4.78, 5) is 52.7. The first kappa shape index (κ1) is 38.6. The molecule has 0 saturated heterocycles. The van der Waals surface area contributed by atoms with Crippen LogP contribution in [0.25, 0.3) is 33.4 Å². The third-order valence-electron chi connectivity index (χ3n) is 12.6. The molecule has 0 radical (unpaired) electrons. The number of hydrogen-bond donors (Lipinski definition) is 2. The number of alkyl halides is 3. The zero-order valence-electron chi connectivity index (χ0n) is 32.0. The molecule has 2 bridgehead atoms. The van der Waals surface area contributed by atoms with E-state index < -0.39 is 34.7 Å². The molecule has 0 atom stereocenters. The first-order valence-corrected chi connectivity index (χ1v) is 19.2. The van der Waals surface area contributed by atoms with Crippen molar-refractivity contribution in [2.45, 2.75) is 64.6 Å². The van der Waals surface area contributed by atoms with Gasteiger partial charge in [0.05, 0.1) is 17.8 Å². The molecule has 0 unspecified atom stereocenters. The van der Waals surface area contributed by atoms with Gasteiger partial charge in [0, 0.05) is 55.0 Å². The molecule has 5 aromatic rings. The molecule has 16 heteroatoms. The summed E-state index contributed by atoms with van der Waals surface area (Å²) in [5.74, 6) is -1.50. The molecule has 12 nitrogen and oxygen atoms in total. The predicted molar refractivity (Wildman–Crippen MR) is 210 cm³/mol. The number of methoxy groups -OCH3 is 1. The first-order valence-electron chi connectivity index (χ1n) is 18.8. The van der Waals surface area contributed by atoms with Gasteiger partial charge in [-0.2, -0.15) is 13.2 Å². The highest BCUT2D eigenvalue weighted by molar-refractivity contribution is 6.36. The van der Waals surface area contributed by atoms with Gasteiger partial charge in [0.2, 0.25) is 17.6 Å². The Balaban J connectivity index is 1.11. The van der Waals surface area contributed by atoms with Crippen molar-refractivity contribution in [1.29, 1.82) is 0 Å². The minimum Gasteiger partial charge on any atom is -0.481 e. The van der Waals surface area contributed by atoms with Crippen molar-refractivity contribution in [1.82, 2.24) is 29.0 Å². The van der Waals surface area contributed by atoms with Gasteiger partial charge in [-0.1, -0.05) is 41.9 Å². The minimum absolute atomic E-state index is 0.148. The van der Waals surface area contributed by atoms with E-state index in [1.807, 2.05) is 24.3 Å². The first-order chi connectivity index (χ1) is 27.0. The number of nitrogens with two attached hydrogens (primary N) is 1. The summed E-state index contributed by atoms with van der Waals surface area (Å²) in [5, 5.41) is 3.08. The molecule has 1 amide bonds. The maximum Gasteiger partial charge on any atom is 0.451 e. The number of ether oxygens (including phenoxy) is 1. The third kappa shape index (κ3) is 6.54. The fraction of sp³-hybridized carbons (Fsp3) is 0.415. The van der Waals surface area contributed by atoms with Crippen LogP contribution in [0.15, 0.2) is 52.1 Å². The van der Waals surface area contributed by atoms with Gasteiger partial charge in [0.25, 0.3) is 5.56 Å². The maximum absolute atomic E-state index is 14.0. The summed E-state index contributed by atoms with van der Waals surface area (Å²) < 4.78 is 49.4. The number of carbonyl (C=O) groups excluding carboxylic acids is 1. The average molecular weight is 803 g/mol. The van der Waals surface area contributed by atoms with Crippen LogP contribution in [-0.4, -0.2) is 55.1 Å². The Morgan fingerprint density at radius 1 is 1.00 bits per heavy atom. The van der Waals surface area contributed by atoms with Crippen molar-refractivity contribution in [2.75, 3.05) is 25.5 Å². The number of carbonyl (C=O) groups is 1. The van der Waals surface area contributed by atoms with Crippen molar-refractivity contribution >= 4 is 40.0 Å². The van der Waals surface area contributed by atoms with E-state index in [0.717, 1.165) is 78.3 Å². The van der Waals surface area contributed by atoms with Crippen molar-refractivity contribution in [3.63, 3.8) is 0 Å². The highest BCUT2D eigenvalue weighted by atomic mass is 35.5. The molecule has 3 N–H and O–H groups in total. The van der Waals surface area contributed by atoms with E-state index in [9.17, 15) is 27.6 Å². The number of rotatable bonds is 9. The van der Waals surface area contributed by atoms with Crippen LogP contribution in [0.1, 0.15) is 61.0 Å². The predicted octanol–water partition coefficient (Wildman–Crippen LogP) is 6.67. The molecule has 298 valence electrons. The number of primary amides is 1. The molecule has 2 aliphatic carbocycles. The molecule has 8 rings (SSSR count). The van der Waals surface area contributed by atoms with Crippen molar-refractivity contribution in [2.24, 2.45) is 30.7 Å². The molecule has 2 fully saturated rings. The monoisotopic (exact) mass is 802 g/mol. The van der Waals surface area contributed by atoms with Gasteiger partial charge >= 0.3 is 11.9 Å². The highest BCUT2D eigenvalue weighted by Crippen LogP contribution is 2.63. The molecule has 3 aromatic heterocycles. The van der Waals surface area contributed by atoms with Gasteiger partial charge in [-0.25, -0.2) is 19.7 Å². The van der Waals surface area contributed by atoms with Crippen LogP contribution >= 0.6 is 11.6 Å². The normalized spacial score (nSPS) is 20.6. The van der Waals surface area contributed by atoms with E-state index >= 15 is 0 Å². The fourth-order valence-electron chi connectivity index (χ4n) is 9.30. The lowest BCUT2D eigenvalue weighted by Gasteiger charge is -2.33. The lowest BCUT2D eigenvalue weighted by Crippen LogP contribution is -2.38. The Kier molecular flexibility index (Phi) is 9.46. The van der Waals surface area contributed by atoms with Crippen molar-refractivity contribution in [3.05, 3.63) is 90.8 Å². The number of nitrogens with one attached hydrogen (secondary N) is 1. The number of fused-ring (bicyclic) bond motifs is 4. The van der Waals surface area contributed by atoms with Crippen molar-refractivity contribution < 1.29 is 22.7 Å². The van der Waals surface area contributed by atoms with Gasteiger partial charge < -0.3 is 15.8 Å². The van der Waals surface area contributed by atoms with E-state index in [0.29, 0.717) is 51.1 Å². The van der Waals surface area contributed by atoms with E-state index in [4.69, 9.17) is 27.1 Å². The summed E-state index contributed by atoms with van der Waals surface area (Å²) in [6, 6.07) is 12.9. The summed E-state index contributed by atoms with van der Waals surface area (Å²) in [7, 11) is 4.09. The Hall–Kier alpha value is -5.28. The average Bonchev–Trinajstić information content (AvgIpc) is 3.77. The number of anilines is 2. The molecule has 1 aliphatic heterocycles. The van der Waals surface area contributed by atoms with E-state index in [-0.39, 0.29) is 22.1 Å². The van der Waals surface area contributed by atoms with Crippen LogP contribution in [0, 0.1) is 17.8 Å². The Morgan fingerprint density at radius 2 is 1.70 bits per heavy atom. The second kappa shape index (κ2) is 14.0. The number of aryl methyl sites for hydroxylation is 1. The lowest BCUT2D eigenvalue weighted by atomic mass is 9.80. The second-order valence-electron chi connectivity index (χ2n) is 15.8. The number of hydrogen-bond acceptors (Lipinski definition) is 9. The zero-order valence-corrected chi connectivity index (χ0v) is 32.8. The standard InChI is InChI=1S/C41H42ClF3N8O4/c1-22-24(7-6-10-28(22)47-32-30-33(50-37(49-32)41(43,44)45)51(2)38(56)52(3)35(30)54)26-8-5-9-27(31(26)42)29-19-23-20-53(17-11-25(23)34(48-29)57-4)18-16-39-12-14-40(21-39,15-13-39)36(46)55/h5-10,19H,11-18,20-21H2,1-4H3,(H2,46,55)(H,47,49,50). The Morgan fingerprint density at radius 3 is 2.39 bits per heavy atom. The van der Waals surface area contributed by atoms with Crippen molar-refractivity contribution in [3.8, 4) is 28.3 Å². The quantitative estimate of drug-likeness (QED) is 0.167. The number of nitrogens with zero attached hydrogens (tertiary/aromatic N) is 6. The van der Waals surface area contributed by atoms with Crippen LogP contribution in [0.2, 0.25) is 5.02 Å². The topological polar surface area (TPSA) is 150 Å². The van der Waals surface area contributed by atoms with Gasteiger partial charge in [-0.3, -0.25) is 23.6 Å². The number of aromatic nitrogens is 5. The molecular formula is C41H42ClF3N8O4. The molecule has 2 aromatic carbocycles. The van der Waals surface area contributed by atoms with Gasteiger partial charge in [0.15, 0.2) is 5.65 Å². The van der Waals surface area contributed by atoms with Crippen LogP contribution in [-0.2, 0) is 38.0 Å². The number of halogens is 4. The highest BCUT2D eigenvalue weighted by Gasteiger charge is 2.56. The largest absolute Gasteiger partial charge is 0.481 e. The second-order valence-corrected chi connectivity index (χ2v) is 16.2. The van der Waals surface area contributed by atoms with Crippen LogP contribution in [0.4, 0.5) is 24.7 Å². The lowest BCUT2D eigenvalue weighted by molar-refractivity contribution is -0.144. The minimum atomic E-state index is -4.95.